The van der Waals surface area contributed by atoms with Crippen LogP contribution >= 0.6 is 0 Å². The van der Waals surface area contributed by atoms with E-state index in [0.29, 0.717) is 12.1 Å². The minimum atomic E-state index is 0.381. The number of rotatable bonds is 3. The van der Waals surface area contributed by atoms with E-state index in [9.17, 15) is 0 Å². The van der Waals surface area contributed by atoms with Crippen LogP contribution in [0.3, 0.4) is 0 Å². The molecule has 0 aliphatic carbocycles. The van der Waals surface area contributed by atoms with Gasteiger partial charge in [-0.2, -0.15) is 0 Å². The van der Waals surface area contributed by atoms with Crippen molar-refractivity contribution in [2.45, 2.75) is 31.8 Å². The van der Waals surface area contributed by atoms with Crippen LogP contribution in [-0.4, -0.2) is 41.0 Å². The largest absolute Gasteiger partial charge is 0.317 e. The Labute approximate surface area is 97.1 Å². The molecule has 2 heterocycles. The zero-order chi connectivity index (χ0) is 11.4. The van der Waals surface area contributed by atoms with Gasteiger partial charge in [0, 0.05) is 37.7 Å². The van der Waals surface area contributed by atoms with Gasteiger partial charge in [-0.05, 0) is 26.8 Å². The van der Waals surface area contributed by atoms with Crippen molar-refractivity contribution in [2.75, 3.05) is 20.1 Å². The average Bonchev–Trinajstić information content (AvgIpc) is 2.39. The first kappa shape index (κ1) is 11.5. The van der Waals surface area contributed by atoms with E-state index in [1.807, 2.05) is 13.2 Å². The quantitative estimate of drug-likeness (QED) is 0.831. The fraction of sp³-hybridized carbons (Fsp3) is 0.667. The Hall–Kier alpha value is -1.00. The van der Waals surface area contributed by atoms with Gasteiger partial charge in [-0.15, -0.1) is 0 Å². The SMILES string of the molecule is CNC1CCN([C@H](C)c2cnccn2)CC1. The van der Waals surface area contributed by atoms with Crippen LogP contribution in [0.4, 0.5) is 0 Å². The molecule has 0 spiro atoms. The second-order valence-corrected chi connectivity index (χ2v) is 4.41. The van der Waals surface area contributed by atoms with Crippen LogP contribution in [0.2, 0.25) is 0 Å². The van der Waals surface area contributed by atoms with E-state index in [0.717, 1.165) is 18.8 Å². The van der Waals surface area contributed by atoms with E-state index in [1.54, 1.807) is 12.4 Å². The second kappa shape index (κ2) is 5.37. The van der Waals surface area contributed by atoms with E-state index in [4.69, 9.17) is 0 Å². The fourth-order valence-corrected chi connectivity index (χ4v) is 2.29. The van der Waals surface area contributed by atoms with Crippen LogP contribution in [0.25, 0.3) is 0 Å². The third-order valence-electron chi connectivity index (χ3n) is 3.50. The highest BCUT2D eigenvalue weighted by molar-refractivity contribution is 5.01. The summed E-state index contributed by atoms with van der Waals surface area (Å²) in [6, 6.07) is 1.07. The van der Waals surface area contributed by atoms with Crippen molar-refractivity contribution >= 4 is 0 Å². The molecule has 1 fully saturated rings. The molecule has 4 heteroatoms. The van der Waals surface area contributed by atoms with Crippen LogP contribution in [0.5, 0.6) is 0 Å². The summed E-state index contributed by atoms with van der Waals surface area (Å²) in [7, 11) is 2.05. The molecule has 1 aromatic heterocycles. The molecule has 0 unspecified atom stereocenters. The molecule has 0 aromatic carbocycles. The van der Waals surface area contributed by atoms with Gasteiger partial charge in [0.2, 0.25) is 0 Å². The predicted molar refractivity (Wildman–Crippen MR) is 64.1 cm³/mol. The molecule has 0 bridgehead atoms. The maximum Gasteiger partial charge on any atom is 0.0755 e. The highest BCUT2D eigenvalue weighted by Gasteiger charge is 2.23. The van der Waals surface area contributed by atoms with Crippen molar-refractivity contribution in [3.63, 3.8) is 0 Å². The molecule has 0 radical (unpaired) electrons. The van der Waals surface area contributed by atoms with Crippen LogP contribution in [0.1, 0.15) is 31.5 Å². The van der Waals surface area contributed by atoms with E-state index >= 15 is 0 Å². The summed E-state index contributed by atoms with van der Waals surface area (Å²) in [6.45, 7) is 4.50. The number of hydrogen-bond acceptors (Lipinski definition) is 4. The number of piperidine rings is 1. The van der Waals surface area contributed by atoms with Gasteiger partial charge in [0.15, 0.2) is 0 Å². The molecule has 4 nitrogen and oxygen atoms in total. The Morgan fingerprint density at radius 2 is 2.12 bits per heavy atom. The number of aromatic nitrogens is 2. The summed E-state index contributed by atoms with van der Waals surface area (Å²) >= 11 is 0. The van der Waals surface area contributed by atoms with Crippen molar-refractivity contribution in [3.8, 4) is 0 Å². The Kier molecular flexibility index (Phi) is 3.85. The number of hydrogen-bond donors (Lipinski definition) is 1. The lowest BCUT2D eigenvalue weighted by atomic mass is 10.0. The minimum absolute atomic E-state index is 0.381. The molecule has 0 saturated carbocycles. The molecule has 1 N–H and O–H groups in total. The molecule has 1 saturated heterocycles. The monoisotopic (exact) mass is 220 g/mol. The van der Waals surface area contributed by atoms with Crippen LogP contribution in [0.15, 0.2) is 18.6 Å². The maximum absolute atomic E-state index is 4.37. The zero-order valence-corrected chi connectivity index (χ0v) is 10.1. The molecule has 16 heavy (non-hydrogen) atoms. The third-order valence-corrected chi connectivity index (χ3v) is 3.50. The zero-order valence-electron chi connectivity index (χ0n) is 10.1. The van der Waals surface area contributed by atoms with E-state index < -0.39 is 0 Å². The van der Waals surface area contributed by atoms with Crippen molar-refractivity contribution in [2.24, 2.45) is 0 Å². The third kappa shape index (κ3) is 2.57. The van der Waals surface area contributed by atoms with Crippen molar-refractivity contribution in [1.82, 2.24) is 20.2 Å². The molecule has 1 aromatic rings. The van der Waals surface area contributed by atoms with E-state index in [2.05, 4.69) is 27.1 Å². The lowest BCUT2D eigenvalue weighted by molar-refractivity contribution is 0.152. The van der Waals surface area contributed by atoms with Gasteiger partial charge in [0.1, 0.15) is 0 Å². The fourth-order valence-electron chi connectivity index (χ4n) is 2.29. The first-order chi connectivity index (χ1) is 7.81. The topological polar surface area (TPSA) is 41.0 Å². The Balaban J connectivity index is 1.94. The van der Waals surface area contributed by atoms with Gasteiger partial charge in [-0.1, -0.05) is 0 Å². The smallest absolute Gasteiger partial charge is 0.0755 e. The summed E-state index contributed by atoms with van der Waals surface area (Å²) in [6.07, 6.45) is 7.81. The summed E-state index contributed by atoms with van der Waals surface area (Å²) in [5.74, 6) is 0. The second-order valence-electron chi connectivity index (χ2n) is 4.41. The van der Waals surface area contributed by atoms with Gasteiger partial charge in [0.05, 0.1) is 11.7 Å². The molecule has 2 rings (SSSR count). The van der Waals surface area contributed by atoms with Crippen molar-refractivity contribution in [1.29, 1.82) is 0 Å². The molecule has 0 amide bonds. The predicted octanol–water partition coefficient (Wildman–Crippen LogP) is 1.22. The molecular weight excluding hydrogens is 200 g/mol. The van der Waals surface area contributed by atoms with Gasteiger partial charge in [-0.25, -0.2) is 0 Å². The minimum Gasteiger partial charge on any atom is -0.317 e. The molecule has 1 aliphatic rings. The Morgan fingerprint density at radius 1 is 1.38 bits per heavy atom. The molecule has 1 aliphatic heterocycles. The summed E-state index contributed by atoms with van der Waals surface area (Å²) < 4.78 is 0. The molecule has 1 atom stereocenters. The first-order valence-corrected chi connectivity index (χ1v) is 5.98. The number of likely N-dealkylation sites (tertiary alicyclic amines) is 1. The lowest BCUT2D eigenvalue weighted by Crippen LogP contribution is -2.42. The molecular formula is C12H20N4. The van der Waals surface area contributed by atoms with E-state index in [1.165, 1.54) is 12.8 Å². The first-order valence-electron chi connectivity index (χ1n) is 5.98. The van der Waals surface area contributed by atoms with Gasteiger partial charge >= 0.3 is 0 Å². The summed E-state index contributed by atoms with van der Waals surface area (Å²) in [5, 5.41) is 3.35. The average molecular weight is 220 g/mol. The van der Waals surface area contributed by atoms with Gasteiger partial charge in [0.25, 0.3) is 0 Å². The van der Waals surface area contributed by atoms with Gasteiger partial charge in [-0.3, -0.25) is 14.9 Å². The van der Waals surface area contributed by atoms with E-state index in [-0.39, 0.29) is 0 Å². The highest BCUT2D eigenvalue weighted by atomic mass is 15.2. The highest BCUT2D eigenvalue weighted by Crippen LogP contribution is 2.21. The summed E-state index contributed by atoms with van der Waals surface area (Å²) in [5.41, 5.74) is 1.07. The lowest BCUT2D eigenvalue weighted by Gasteiger charge is -2.35. The van der Waals surface area contributed by atoms with Crippen LogP contribution in [-0.2, 0) is 0 Å². The van der Waals surface area contributed by atoms with Crippen molar-refractivity contribution in [3.05, 3.63) is 24.3 Å². The number of nitrogens with one attached hydrogen (secondary N) is 1. The van der Waals surface area contributed by atoms with Crippen LogP contribution < -0.4 is 5.32 Å². The van der Waals surface area contributed by atoms with Crippen LogP contribution in [0, 0.1) is 0 Å². The molecule has 88 valence electrons. The summed E-state index contributed by atoms with van der Waals surface area (Å²) in [4.78, 5) is 11.0. The normalized spacial score (nSPS) is 20.9. The standard InChI is InChI=1S/C12H20N4/c1-10(12-9-14-5-6-15-12)16-7-3-11(13-2)4-8-16/h5-6,9-11,13H,3-4,7-8H2,1-2H3/t10-/m1/s1. The van der Waals surface area contributed by atoms with Crippen molar-refractivity contribution < 1.29 is 0 Å². The Morgan fingerprint density at radius 3 is 2.69 bits per heavy atom. The van der Waals surface area contributed by atoms with Gasteiger partial charge < -0.3 is 5.32 Å². The number of nitrogens with zero attached hydrogens (tertiary/aromatic N) is 3. The Bertz CT molecular complexity index is 306. The maximum atomic E-state index is 4.37.